The minimum atomic E-state index is 0.0501. The molecule has 2 rings (SSSR count). The lowest BCUT2D eigenvalue weighted by Gasteiger charge is -2.26. The van der Waals surface area contributed by atoms with Crippen molar-refractivity contribution in [2.75, 3.05) is 53.6 Å². The fourth-order valence-electron chi connectivity index (χ4n) is 3.68. The van der Waals surface area contributed by atoms with Crippen LogP contribution in [0.15, 0.2) is 34.2 Å². The number of amides is 1. The Labute approximate surface area is 180 Å². The maximum atomic E-state index is 12.3. The predicted octanol–water partition coefficient (Wildman–Crippen LogP) is 2.75. The summed E-state index contributed by atoms with van der Waals surface area (Å²) in [5, 5.41) is 3.39. The van der Waals surface area contributed by atoms with Crippen molar-refractivity contribution in [1.29, 1.82) is 0 Å². The highest BCUT2D eigenvalue weighted by Gasteiger charge is 2.30. The molecule has 0 bridgehead atoms. The van der Waals surface area contributed by atoms with Crippen LogP contribution in [-0.2, 0) is 11.3 Å². The van der Waals surface area contributed by atoms with Crippen molar-refractivity contribution < 1.29 is 4.79 Å². The number of hydrogen-bond donors (Lipinski definition) is 1. The molecule has 0 saturated carbocycles. The maximum absolute atomic E-state index is 12.3. The average Bonchev–Trinajstić information content (AvgIpc) is 3.18. The quantitative estimate of drug-likeness (QED) is 0.289. The van der Waals surface area contributed by atoms with Crippen LogP contribution >= 0.6 is 11.8 Å². The molecule has 1 N–H and O–H groups in total. The Morgan fingerprint density at radius 2 is 2.00 bits per heavy atom. The number of aliphatic imine (C=N–C) groups is 1. The number of rotatable bonds is 9. The first-order valence-corrected chi connectivity index (χ1v) is 11.8. The third kappa shape index (κ3) is 7.23. The van der Waals surface area contributed by atoms with E-state index in [-0.39, 0.29) is 11.9 Å². The summed E-state index contributed by atoms with van der Waals surface area (Å²) in [5.41, 5.74) is 1.28. The lowest BCUT2D eigenvalue weighted by molar-refractivity contribution is -0.133. The van der Waals surface area contributed by atoms with Gasteiger partial charge in [0.2, 0.25) is 5.91 Å². The van der Waals surface area contributed by atoms with Crippen LogP contribution in [0.5, 0.6) is 0 Å². The van der Waals surface area contributed by atoms with E-state index in [0.29, 0.717) is 0 Å². The topological polar surface area (TPSA) is 51.2 Å². The molecule has 0 spiro atoms. The summed E-state index contributed by atoms with van der Waals surface area (Å²) in [7, 11) is 5.77. The lowest BCUT2D eigenvalue weighted by Crippen LogP contribution is -2.43. The van der Waals surface area contributed by atoms with E-state index in [4.69, 9.17) is 4.99 Å². The normalized spacial score (nSPS) is 17.4. The number of nitrogens with one attached hydrogen (secondary N) is 1. The van der Waals surface area contributed by atoms with Crippen LogP contribution in [0.2, 0.25) is 0 Å². The van der Waals surface area contributed by atoms with Crippen LogP contribution in [0, 0.1) is 0 Å². The van der Waals surface area contributed by atoms with Gasteiger partial charge in [-0.1, -0.05) is 12.1 Å². The standard InChI is InChI=1S/C22H37N5OS/c1-6-23-22(26(4)17-18-10-12-19(29-5)13-11-18)24-14-8-16-27-15-7-9-20(27)21(28)25(2)3/h10-13,20H,6-9,14-17H2,1-5H3,(H,23,24). The molecule has 0 aliphatic carbocycles. The number of likely N-dealkylation sites (tertiary alicyclic amines) is 1. The average molecular weight is 420 g/mol. The molecular formula is C22H37N5OS. The second-order valence-corrected chi connectivity index (χ2v) is 8.60. The van der Waals surface area contributed by atoms with Crippen LogP contribution < -0.4 is 5.32 Å². The van der Waals surface area contributed by atoms with Crippen molar-refractivity contribution >= 4 is 23.6 Å². The molecular weight excluding hydrogens is 382 g/mol. The molecule has 1 aliphatic rings. The summed E-state index contributed by atoms with van der Waals surface area (Å²) in [6, 6.07) is 8.75. The third-order valence-corrected chi connectivity index (χ3v) is 5.97. The Morgan fingerprint density at radius 3 is 2.62 bits per heavy atom. The fourth-order valence-corrected chi connectivity index (χ4v) is 4.09. The number of thioether (sulfide) groups is 1. The van der Waals surface area contributed by atoms with Crippen LogP contribution in [0.3, 0.4) is 0 Å². The largest absolute Gasteiger partial charge is 0.357 e. The van der Waals surface area contributed by atoms with Gasteiger partial charge in [-0.2, -0.15) is 0 Å². The molecule has 1 aliphatic heterocycles. The molecule has 1 aromatic carbocycles. The van der Waals surface area contributed by atoms with Crippen LogP contribution in [0.1, 0.15) is 31.7 Å². The van der Waals surface area contributed by atoms with Gasteiger partial charge in [0, 0.05) is 52.2 Å². The predicted molar refractivity (Wildman–Crippen MR) is 124 cm³/mol. The van der Waals surface area contributed by atoms with Crippen molar-refractivity contribution in [3.63, 3.8) is 0 Å². The van der Waals surface area contributed by atoms with Crippen molar-refractivity contribution in [2.45, 2.75) is 43.7 Å². The lowest BCUT2D eigenvalue weighted by atomic mass is 10.2. The van der Waals surface area contributed by atoms with Gasteiger partial charge in [0.15, 0.2) is 5.96 Å². The van der Waals surface area contributed by atoms with E-state index in [1.807, 2.05) is 14.1 Å². The summed E-state index contributed by atoms with van der Waals surface area (Å²) in [6.07, 6.45) is 5.13. The van der Waals surface area contributed by atoms with E-state index >= 15 is 0 Å². The Hall–Kier alpha value is -1.73. The van der Waals surface area contributed by atoms with Gasteiger partial charge in [-0.05, 0) is 56.7 Å². The second kappa shape index (κ2) is 12.1. The molecule has 7 heteroatoms. The van der Waals surface area contributed by atoms with Gasteiger partial charge in [-0.3, -0.25) is 14.7 Å². The summed E-state index contributed by atoms with van der Waals surface area (Å²) in [5.74, 6) is 1.16. The molecule has 1 heterocycles. The maximum Gasteiger partial charge on any atom is 0.239 e. The molecule has 0 radical (unpaired) electrons. The molecule has 1 fully saturated rings. The molecule has 0 aromatic heterocycles. The highest BCUT2D eigenvalue weighted by molar-refractivity contribution is 7.98. The van der Waals surface area contributed by atoms with Crippen molar-refractivity contribution in [2.24, 2.45) is 4.99 Å². The number of carbonyl (C=O) groups excluding carboxylic acids is 1. The highest BCUT2D eigenvalue weighted by atomic mass is 32.2. The zero-order chi connectivity index (χ0) is 21.2. The first kappa shape index (κ1) is 23.5. The van der Waals surface area contributed by atoms with E-state index in [2.05, 4.69) is 59.6 Å². The SMILES string of the molecule is CCNC(=NCCCN1CCCC1C(=O)N(C)C)N(C)Cc1ccc(SC)cc1. The molecule has 1 amide bonds. The second-order valence-electron chi connectivity index (χ2n) is 7.72. The van der Waals surface area contributed by atoms with Gasteiger partial charge in [0.05, 0.1) is 6.04 Å². The van der Waals surface area contributed by atoms with E-state index in [1.165, 1.54) is 10.5 Å². The number of hydrogen-bond acceptors (Lipinski definition) is 4. The molecule has 29 heavy (non-hydrogen) atoms. The fraction of sp³-hybridized carbons (Fsp3) is 0.636. The smallest absolute Gasteiger partial charge is 0.239 e. The molecule has 1 unspecified atom stereocenters. The number of nitrogens with zero attached hydrogens (tertiary/aromatic N) is 4. The molecule has 1 saturated heterocycles. The van der Waals surface area contributed by atoms with Crippen molar-refractivity contribution in [1.82, 2.24) is 20.0 Å². The van der Waals surface area contributed by atoms with Gasteiger partial charge < -0.3 is 15.1 Å². The molecule has 162 valence electrons. The van der Waals surface area contributed by atoms with E-state index in [9.17, 15) is 4.79 Å². The Bertz CT molecular complexity index is 662. The number of benzene rings is 1. The molecule has 1 atom stereocenters. The third-order valence-electron chi connectivity index (χ3n) is 5.23. The number of carbonyl (C=O) groups is 1. The van der Waals surface area contributed by atoms with Crippen LogP contribution in [-0.4, -0.2) is 86.2 Å². The Kier molecular flexibility index (Phi) is 9.81. The van der Waals surface area contributed by atoms with Gasteiger partial charge >= 0.3 is 0 Å². The first-order chi connectivity index (χ1) is 14.0. The van der Waals surface area contributed by atoms with E-state index in [1.54, 1.807) is 16.7 Å². The van der Waals surface area contributed by atoms with Gasteiger partial charge in [0.25, 0.3) is 0 Å². The van der Waals surface area contributed by atoms with Crippen LogP contribution in [0.25, 0.3) is 0 Å². The molecule has 1 aromatic rings. The summed E-state index contributed by atoms with van der Waals surface area (Å²) in [4.78, 5) is 24.6. The summed E-state index contributed by atoms with van der Waals surface area (Å²) >= 11 is 1.76. The van der Waals surface area contributed by atoms with Crippen molar-refractivity contribution in [3.05, 3.63) is 29.8 Å². The Morgan fingerprint density at radius 1 is 1.28 bits per heavy atom. The number of guanidine groups is 1. The zero-order valence-electron chi connectivity index (χ0n) is 18.6. The van der Waals surface area contributed by atoms with Gasteiger partial charge in [0.1, 0.15) is 0 Å². The monoisotopic (exact) mass is 419 g/mol. The minimum absolute atomic E-state index is 0.0501. The van der Waals surface area contributed by atoms with Gasteiger partial charge in [-0.15, -0.1) is 11.8 Å². The van der Waals surface area contributed by atoms with Crippen LogP contribution in [0.4, 0.5) is 0 Å². The minimum Gasteiger partial charge on any atom is -0.357 e. The summed E-state index contributed by atoms with van der Waals surface area (Å²) in [6.45, 7) is 6.47. The Balaban J connectivity index is 1.86. The van der Waals surface area contributed by atoms with E-state index in [0.717, 1.165) is 57.9 Å². The van der Waals surface area contributed by atoms with Gasteiger partial charge in [-0.25, -0.2) is 0 Å². The van der Waals surface area contributed by atoms with Crippen molar-refractivity contribution in [3.8, 4) is 0 Å². The highest BCUT2D eigenvalue weighted by Crippen LogP contribution is 2.19. The van der Waals surface area contributed by atoms with E-state index < -0.39 is 0 Å². The first-order valence-electron chi connectivity index (χ1n) is 10.5. The number of likely N-dealkylation sites (N-methyl/N-ethyl adjacent to an activating group) is 1. The zero-order valence-corrected chi connectivity index (χ0v) is 19.5. The summed E-state index contributed by atoms with van der Waals surface area (Å²) < 4.78 is 0. The molecule has 6 nitrogen and oxygen atoms in total.